The number of amides is 1. The lowest BCUT2D eigenvalue weighted by molar-refractivity contribution is -0.131. The summed E-state index contributed by atoms with van der Waals surface area (Å²) in [6.45, 7) is 6.33. The zero-order valence-electron chi connectivity index (χ0n) is 9.74. The fourth-order valence-corrected chi connectivity index (χ4v) is 2.20. The van der Waals surface area contributed by atoms with Crippen LogP contribution in [0.4, 0.5) is 0 Å². The largest absolute Gasteiger partial charge is 0.368 e. The van der Waals surface area contributed by atoms with Gasteiger partial charge in [-0.25, -0.2) is 0 Å². The molecular formula is C12H16ClNO2S. The van der Waals surface area contributed by atoms with Gasteiger partial charge >= 0.3 is 0 Å². The first kappa shape index (κ1) is 14.2. The number of rotatable bonds is 7. The average Bonchev–Trinajstić information content (AvgIpc) is 2.72. The Morgan fingerprint density at radius 3 is 3.06 bits per heavy atom. The molecule has 0 radical (unpaired) electrons. The summed E-state index contributed by atoms with van der Waals surface area (Å²) in [6.07, 6.45) is 2.07. The van der Waals surface area contributed by atoms with Gasteiger partial charge in [0.2, 0.25) is 5.91 Å². The van der Waals surface area contributed by atoms with Crippen molar-refractivity contribution in [2.45, 2.75) is 26.0 Å². The lowest BCUT2D eigenvalue weighted by atomic mass is 10.3. The molecule has 0 aliphatic rings. The lowest BCUT2D eigenvalue weighted by Gasteiger charge is -2.12. The summed E-state index contributed by atoms with van der Waals surface area (Å²) in [6, 6.07) is 3.72. The molecule has 17 heavy (non-hydrogen) atoms. The second kappa shape index (κ2) is 7.48. The standard InChI is InChI=1S/C12H16ClNO2S/c1-3-4-7-16-9(2)12(15)14-8-10-5-6-11(13)17-10/h3,5-6,9H,1,4,7-8H2,2H3,(H,14,15). The molecule has 1 unspecified atom stereocenters. The van der Waals surface area contributed by atoms with Gasteiger partial charge in [-0.2, -0.15) is 0 Å². The molecule has 94 valence electrons. The third-order valence-corrected chi connectivity index (χ3v) is 3.36. The highest BCUT2D eigenvalue weighted by Crippen LogP contribution is 2.20. The van der Waals surface area contributed by atoms with Crippen LogP contribution in [0.5, 0.6) is 0 Å². The maximum atomic E-state index is 11.6. The molecule has 0 spiro atoms. The van der Waals surface area contributed by atoms with Gasteiger partial charge in [-0.3, -0.25) is 4.79 Å². The molecule has 0 aromatic carbocycles. The molecule has 1 atom stereocenters. The summed E-state index contributed by atoms with van der Waals surface area (Å²) >= 11 is 7.25. The molecule has 0 aliphatic carbocycles. The van der Waals surface area contributed by atoms with Crippen molar-refractivity contribution in [1.29, 1.82) is 0 Å². The van der Waals surface area contributed by atoms with Crippen LogP contribution in [-0.2, 0) is 16.1 Å². The van der Waals surface area contributed by atoms with Crippen molar-refractivity contribution in [1.82, 2.24) is 5.32 Å². The molecule has 0 bridgehead atoms. The van der Waals surface area contributed by atoms with Crippen molar-refractivity contribution in [3.8, 4) is 0 Å². The highest BCUT2D eigenvalue weighted by Gasteiger charge is 2.12. The molecule has 1 amide bonds. The summed E-state index contributed by atoms with van der Waals surface area (Å²) in [7, 11) is 0. The predicted molar refractivity (Wildman–Crippen MR) is 71.4 cm³/mol. The monoisotopic (exact) mass is 273 g/mol. The molecular weight excluding hydrogens is 258 g/mol. The van der Waals surface area contributed by atoms with E-state index < -0.39 is 6.10 Å². The number of halogens is 1. The van der Waals surface area contributed by atoms with Gasteiger partial charge in [-0.1, -0.05) is 17.7 Å². The predicted octanol–water partition coefficient (Wildman–Crippen LogP) is 3.00. The number of carbonyl (C=O) groups is 1. The smallest absolute Gasteiger partial charge is 0.249 e. The first-order chi connectivity index (χ1) is 8.13. The maximum Gasteiger partial charge on any atom is 0.249 e. The van der Waals surface area contributed by atoms with Gasteiger partial charge in [0, 0.05) is 4.88 Å². The Labute approximate surface area is 110 Å². The Hall–Kier alpha value is -0.840. The number of ether oxygens (including phenoxy) is 1. The van der Waals surface area contributed by atoms with Gasteiger partial charge in [-0.05, 0) is 25.5 Å². The van der Waals surface area contributed by atoms with Crippen molar-refractivity contribution in [3.63, 3.8) is 0 Å². The lowest BCUT2D eigenvalue weighted by Crippen LogP contribution is -2.34. The van der Waals surface area contributed by atoms with Crippen LogP contribution in [0.1, 0.15) is 18.2 Å². The highest BCUT2D eigenvalue weighted by molar-refractivity contribution is 7.16. The maximum absolute atomic E-state index is 11.6. The summed E-state index contributed by atoms with van der Waals surface area (Å²) in [5.74, 6) is -0.112. The third-order valence-electron chi connectivity index (χ3n) is 2.12. The van der Waals surface area contributed by atoms with E-state index in [1.54, 1.807) is 13.0 Å². The average molecular weight is 274 g/mol. The fraction of sp³-hybridized carbons (Fsp3) is 0.417. The molecule has 0 fully saturated rings. The Morgan fingerprint density at radius 1 is 1.71 bits per heavy atom. The van der Waals surface area contributed by atoms with Gasteiger partial charge in [0.1, 0.15) is 6.10 Å². The summed E-state index contributed by atoms with van der Waals surface area (Å²) in [5, 5.41) is 2.80. The summed E-state index contributed by atoms with van der Waals surface area (Å²) < 4.78 is 6.06. The van der Waals surface area contributed by atoms with Crippen LogP contribution in [0.3, 0.4) is 0 Å². The van der Waals surface area contributed by atoms with E-state index in [4.69, 9.17) is 16.3 Å². The van der Waals surface area contributed by atoms with E-state index in [9.17, 15) is 4.79 Å². The number of carbonyl (C=O) groups excluding carboxylic acids is 1. The Bertz CT molecular complexity index is 378. The van der Waals surface area contributed by atoms with E-state index in [2.05, 4.69) is 11.9 Å². The highest BCUT2D eigenvalue weighted by atomic mass is 35.5. The number of nitrogens with one attached hydrogen (secondary N) is 1. The number of hydrogen-bond acceptors (Lipinski definition) is 3. The van der Waals surface area contributed by atoms with Crippen molar-refractivity contribution in [2.24, 2.45) is 0 Å². The van der Waals surface area contributed by atoms with Crippen molar-refractivity contribution in [3.05, 3.63) is 34.0 Å². The van der Waals surface area contributed by atoms with Gasteiger partial charge in [0.15, 0.2) is 0 Å². The molecule has 1 heterocycles. The molecule has 1 aromatic rings. The van der Waals surface area contributed by atoms with Gasteiger partial charge < -0.3 is 10.1 Å². The zero-order valence-corrected chi connectivity index (χ0v) is 11.3. The molecule has 5 heteroatoms. The summed E-state index contributed by atoms with van der Waals surface area (Å²) in [5.41, 5.74) is 0. The van der Waals surface area contributed by atoms with E-state index >= 15 is 0 Å². The van der Waals surface area contributed by atoms with E-state index in [0.29, 0.717) is 13.2 Å². The van der Waals surface area contributed by atoms with Gasteiger partial charge in [0.25, 0.3) is 0 Å². The summed E-state index contributed by atoms with van der Waals surface area (Å²) in [4.78, 5) is 12.7. The molecule has 3 nitrogen and oxygen atoms in total. The van der Waals surface area contributed by atoms with Crippen molar-refractivity contribution in [2.75, 3.05) is 6.61 Å². The van der Waals surface area contributed by atoms with E-state index in [0.717, 1.165) is 15.6 Å². The van der Waals surface area contributed by atoms with Crippen molar-refractivity contribution >= 4 is 28.8 Å². The van der Waals surface area contributed by atoms with Crippen LogP contribution in [0.15, 0.2) is 24.8 Å². The van der Waals surface area contributed by atoms with E-state index in [1.165, 1.54) is 11.3 Å². The number of hydrogen-bond donors (Lipinski definition) is 1. The van der Waals surface area contributed by atoms with Crippen LogP contribution < -0.4 is 5.32 Å². The van der Waals surface area contributed by atoms with Crippen LogP contribution in [-0.4, -0.2) is 18.6 Å². The fourth-order valence-electron chi connectivity index (χ4n) is 1.17. The quantitative estimate of drug-likeness (QED) is 0.613. The second-order valence-electron chi connectivity index (χ2n) is 3.51. The van der Waals surface area contributed by atoms with Crippen LogP contribution in [0, 0.1) is 0 Å². The SMILES string of the molecule is C=CCCOC(C)C(=O)NCc1ccc(Cl)s1. The third kappa shape index (κ3) is 5.35. The molecule has 1 N–H and O–H groups in total. The normalized spacial score (nSPS) is 12.1. The van der Waals surface area contributed by atoms with Crippen LogP contribution in [0.2, 0.25) is 4.34 Å². The Kier molecular flexibility index (Phi) is 6.26. The first-order valence-corrected chi connectivity index (χ1v) is 6.57. The minimum atomic E-state index is -0.439. The zero-order chi connectivity index (χ0) is 12.7. The molecule has 0 saturated carbocycles. The molecule has 1 aromatic heterocycles. The topological polar surface area (TPSA) is 38.3 Å². The second-order valence-corrected chi connectivity index (χ2v) is 5.31. The number of thiophene rings is 1. The van der Waals surface area contributed by atoms with E-state index in [1.807, 2.05) is 12.1 Å². The molecule has 0 aliphatic heterocycles. The molecule has 1 rings (SSSR count). The van der Waals surface area contributed by atoms with Crippen molar-refractivity contribution < 1.29 is 9.53 Å². The minimum absolute atomic E-state index is 0.112. The minimum Gasteiger partial charge on any atom is -0.368 e. The first-order valence-electron chi connectivity index (χ1n) is 5.38. The van der Waals surface area contributed by atoms with E-state index in [-0.39, 0.29) is 5.91 Å². The van der Waals surface area contributed by atoms with Crippen LogP contribution in [0.25, 0.3) is 0 Å². The Balaban J connectivity index is 2.26. The Morgan fingerprint density at radius 2 is 2.47 bits per heavy atom. The van der Waals surface area contributed by atoms with Crippen LogP contribution >= 0.6 is 22.9 Å². The van der Waals surface area contributed by atoms with Gasteiger partial charge in [0.05, 0.1) is 17.5 Å². The van der Waals surface area contributed by atoms with Gasteiger partial charge in [-0.15, -0.1) is 17.9 Å². The molecule has 0 saturated heterocycles.